The van der Waals surface area contributed by atoms with Crippen molar-refractivity contribution in [1.29, 1.82) is 0 Å². The zero-order valence-corrected chi connectivity index (χ0v) is 12.6. The first-order valence-electron chi connectivity index (χ1n) is 5.87. The molecule has 21 heavy (non-hydrogen) atoms. The van der Waals surface area contributed by atoms with Crippen molar-refractivity contribution in [2.45, 2.75) is 12.1 Å². The molecule has 2 aromatic rings. The van der Waals surface area contributed by atoms with Gasteiger partial charge in [0.15, 0.2) is 0 Å². The third-order valence-electron chi connectivity index (χ3n) is 2.46. The van der Waals surface area contributed by atoms with Crippen LogP contribution in [0.25, 0.3) is 0 Å². The number of aryl methyl sites for hydroxylation is 1. The number of nitrogens with one attached hydrogen (secondary N) is 1. The van der Waals surface area contributed by atoms with E-state index in [-0.39, 0.29) is 22.5 Å². The van der Waals surface area contributed by atoms with Crippen LogP contribution in [-0.4, -0.2) is 26.5 Å². The molecule has 0 atom stereocenters. The molecule has 0 spiro atoms. The Morgan fingerprint density at radius 3 is 2.95 bits per heavy atom. The lowest BCUT2D eigenvalue weighted by Crippen LogP contribution is -2.32. The van der Waals surface area contributed by atoms with Crippen molar-refractivity contribution >= 4 is 35.0 Å². The van der Waals surface area contributed by atoms with Gasteiger partial charge in [-0.2, -0.15) is 4.68 Å². The second kappa shape index (κ2) is 6.59. The Kier molecular flexibility index (Phi) is 4.81. The number of anilines is 1. The number of nitrogens with two attached hydrogens (primary N) is 1. The van der Waals surface area contributed by atoms with Crippen LogP contribution in [0.3, 0.4) is 0 Å². The largest absolute Gasteiger partial charge is 0.334 e. The normalized spacial score (nSPS) is 10.4. The number of carbonyl (C=O) groups excluding carboxylic acids is 1. The molecule has 1 amide bonds. The minimum Gasteiger partial charge on any atom is -0.334 e. The summed E-state index contributed by atoms with van der Waals surface area (Å²) in [6.45, 7) is 1.51. The Hall–Kier alpha value is -2.06. The van der Waals surface area contributed by atoms with Crippen LogP contribution < -0.4 is 16.7 Å². The number of rotatable bonds is 4. The van der Waals surface area contributed by atoms with Gasteiger partial charge in [0, 0.05) is 10.7 Å². The number of nitrogen functional groups attached to an aromatic ring is 1. The van der Waals surface area contributed by atoms with Crippen LogP contribution in [0.5, 0.6) is 0 Å². The highest BCUT2D eigenvalue weighted by Crippen LogP contribution is 2.16. The van der Waals surface area contributed by atoms with Gasteiger partial charge in [0.1, 0.15) is 5.69 Å². The average molecular weight is 326 g/mol. The minimum atomic E-state index is -0.442. The maximum atomic E-state index is 11.8. The second-order valence-electron chi connectivity index (χ2n) is 4.09. The van der Waals surface area contributed by atoms with Gasteiger partial charge in [0.2, 0.25) is 11.1 Å². The molecule has 0 bridgehead atoms. The van der Waals surface area contributed by atoms with Gasteiger partial charge in [0.05, 0.1) is 5.75 Å². The highest BCUT2D eigenvalue weighted by molar-refractivity contribution is 7.99. The number of nitrogens with zero attached hydrogens (tertiary/aromatic N) is 3. The van der Waals surface area contributed by atoms with Gasteiger partial charge in [-0.1, -0.05) is 29.4 Å². The molecule has 3 N–H and O–H groups in total. The fourth-order valence-electron chi connectivity index (χ4n) is 1.46. The lowest BCUT2D eigenvalue weighted by molar-refractivity contribution is -0.113. The van der Waals surface area contributed by atoms with Crippen molar-refractivity contribution in [3.8, 4) is 0 Å². The van der Waals surface area contributed by atoms with Crippen molar-refractivity contribution in [3.63, 3.8) is 0 Å². The van der Waals surface area contributed by atoms with E-state index in [0.717, 1.165) is 16.4 Å². The predicted octanol–water partition coefficient (Wildman–Crippen LogP) is 1.04. The summed E-state index contributed by atoms with van der Waals surface area (Å²) in [4.78, 5) is 23.4. The van der Waals surface area contributed by atoms with Crippen molar-refractivity contribution < 1.29 is 4.79 Å². The van der Waals surface area contributed by atoms with Gasteiger partial charge in [-0.25, -0.2) is 0 Å². The van der Waals surface area contributed by atoms with Crippen LogP contribution in [-0.2, 0) is 4.79 Å². The van der Waals surface area contributed by atoms with E-state index in [1.165, 1.54) is 6.92 Å². The van der Waals surface area contributed by atoms with Gasteiger partial charge in [-0.15, -0.1) is 10.2 Å². The zero-order valence-electron chi connectivity index (χ0n) is 11.0. The molecule has 0 aliphatic heterocycles. The molecule has 1 aromatic carbocycles. The number of amides is 1. The molecule has 1 heterocycles. The summed E-state index contributed by atoms with van der Waals surface area (Å²) in [6.07, 6.45) is 0. The Morgan fingerprint density at radius 2 is 2.24 bits per heavy atom. The summed E-state index contributed by atoms with van der Waals surface area (Å²) in [6, 6.07) is 6.79. The number of aromatic nitrogens is 3. The van der Waals surface area contributed by atoms with E-state index in [9.17, 15) is 9.59 Å². The average Bonchev–Trinajstić information content (AvgIpc) is 2.44. The molecule has 110 valence electrons. The number of hydrogen-bond donors (Lipinski definition) is 2. The van der Waals surface area contributed by atoms with Crippen molar-refractivity contribution in [2.75, 3.05) is 16.9 Å². The first kappa shape index (κ1) is 15.3. The number of halogens is 1. The summed E-state index contributed by atoms with van der Waals surface area (Å²) in [5, 5.41) is 10.8. The predicted molar refractivity (Wildman–Crippen MR) is 82.0 cm³/mol. The van der Waals surface area contributed by atoms with E-state index in [4.69, 9.17) is 17.4 Å². The molecule has 0 aliphatic carbocycles. The number of benzene rings is 1. The van der Waals surface area contributed by atoms with Crippen LogP contribution in [0.2, 0.25) is 5.02 Å². The highest BCUT2D eigenvalue weighted by Gasteiger charge is 2.10. The maximum Gasteiger partial charge on any atom is 0.294 e. The summed E-state index contributed by atoms with van der Waals surface area (Å²) in [5.74, 6) is 5.35. The van der Waals surface area contributed by atoms with E-state index in [0.29, 0.717) is 10.7 Å². The number of carbonyl (C=O) groups is 1. The summed E-state index contributed by atoms with van der Waals surface area (Å²) in [7, 11) is 0. The molecule has 0 aliphatic rings. The smallest absolute Gasteiger partial charge is 0.294 e. The molecular weight excluding hydrogens is 314 g/mol. The lowest BCUT2D eigenvalue weighted by atomic mass is 10.3. The number of thioether (sulfide) groups is 1. The second-order valence-corrected chi connectivity index (χ2v) is 5.47. The summed E-state index contributed by atoms with van der Waals surface area (Å²) < 4.78 is 0.875. The summed E-state index contributed by atoms with van der Waals surface area (Å²) >= 11 is 6.85. The molecule has 9 heteroatoms. The van der Waals surface area contributed by atoms with Crippen LogP contribution in [0.15, 0.2) is 34.2 Å². The topological polar surface area (TPSA) is 103 Å². The van der Waals surface area contributed by atoms with E-state index < -0.39 is 5.56 Å². The van der Waals surface area contributed by atoms with E-state index >= 15 is 0 Å². The maximum absolute atomic E-state index is 11.8. The van der Waals surface area contributed by atoms with E-state index in [2.05, 4.69) is 15.5 Å². The minimum absolute atomic E-state index is 0.0426. The SMILES string of the molecule is Cc1nnc(SCC(=O)Nc2cccc(Cl)c2)n(N)c1=O. The van der Waals surface area contributed by atoms with Crippen LogP contribution in [0.4, 0.5) is 5.69 Å². The van der Waals surface area contributed by atoms with Crippen molar-refractivity contribution in [1.82, 2.24) is 14.9 Å². The van der Waals surface area contributed by atoms with Crippen LogP contribution in [0.1, 0.15) is 5.69 Å². The van der Waals surface area contributed by atoms with Crippen LogP contribution in [0, 0.1) is 6.92 Å². The Morgan fingerprint density at radius 1 is 1.48 bits per heavy atom. The van der Waals surface area contributed by atoms with Crippen LogP contribution >= 0.6 is 23.4 Å². The first-order chi connectivity index (χ1) is 9.97. The molecule has 0 fully saturated rings. The molecule has 0 saturated carbocycles. The molecule has 0 unspecified atom stereocenters. The molecule has 7 nitrogen and oxygen atoms in total. The lowest BCUT2D eigenvalue weighted by Gasteiger charge is -2.07. The first-order valence-corrected chi connectivity index (χ1v) is 7.23. The number of hydrogen-bond acceptors (Lipinski definition) is 6. The van der Waals surface area contributed by atoms with Crippen molar-refractivity contribution in [3.05, 3.63) is 45.3 Å². The Bertz CT molecular complexity index is 734. The standard InChI is InChI=1S/C12H12ClN5O2S/c1-7-11(20)18(14)12(17-16-7)21-6-10(19)15-9-4-2-3-8(13)5-9/h2-5H,6,14H2,1H3,(H,15,19). The van der Waals surface area contributed by atoms with Gasteiger partial charge >= 0.3 is 0 Å². The molecule has 0 radical (unpaired) electrons. The third kappa shape index (κ3) is 3.96. The Balaban J connectivity index is 1.99. The fourth-order valence-corrected chi connectivity index (χ4v) is 2.30. The molecule has 2 rings (SSSR count). The Labute approximate surface area is 129 Å². The van der Waals surface area contributed by atoms with E-state index in [1.54, 1.807) is 24.3 Å². The van der Waals surface area contributed by atoms with Crippen molar-refractivity contribution in [2.24, 2.45) is 0 Å². The van der Waals surface area contributed by atoms with Gasteiger partial charge in [-0.3, -0.25) is 9.59 Å². The summed E-state index contributed by atoms with van der Waals surface area (Å²) in [5.41, 5.74) is 0.348. The molecular formula is C12H12ClN5O2S. The zero-order chi connectivity index (χ0) is 15.4. The van der Waals surface area contributed by atoms with Gasteiger partial charge in [0.25, 0.3) is 5.56 Å². The quantitative estimate of drug-likeness (QED) is 0.643. The molecule has 0 saturated heterocycles. The fraction of sp³-hybridized carbons (Fsp3) is 0.167. The van der Waals surface area contributed by atoms with Gasteiger partial charge in [-0.05, 0) is 25.1 Å². The molecule has 1 aromatic heterocycles. The third-order valence-corrected chi connectivity index (χ3v) is 3.64. The van der Waals surface area contributed by atoms with Gasteiger partial charge < -0.3 is 11.2 Å². The highest BCUT2D eigenvalue weighted by atomic mass is 35.5. The monoisotopic (exact) mass is 325 g/mol. The van der Waals surface area contributed by atoms with E-state index in [1.807, 2.05) is 0 Å².